The third-order valence-corrected chi connectivity index (χ3v) is 4.61. The molecule has 0 nitrogen and oxygen atoms in total. The van der Waals surface area contributed by atoms with Crippen LogP contribution in [0, 0.1) is 5.82 Å². The minimum atomic E-state index is -0.00960. The summed E-state index contributed by atoms with van der Waals surface area (Å²) in [4.78, 5) is 0. The van der Waals surface area contributed by atoms with Gasteiger partial charge in [0.2, 0.25) is 0 Å². The van der Waals surface area contributed by atoms with E-state index in [-0.39, 0.29) is 5.82 Å². The Kier molecular flexibility index (Phi) is 4.38. The van der Waals surface area contributed by atoms with Gasteiger partial charge < -0.3 is 0 Å². The highest BCUT2D eigenvalue weighted by atomic mass is 19.1. The topological polar surface area (TPSA) is 0 Å². The van der Waals surface area contributed by atoms with Gasteiger partial charge in [-0.2, -0.15) is 0 Å². The fourth-order valence-corrected chi connectivity index (χ4v) is 3.46. The van der Waals surface area contributed by atoms with Crippen molar-refractivity contribution < 1.29 is 4.39 Å². The second kappa shape index (κ2) is 6.43. The predicted molar refractivity (Wildman–Crippen MR) is 87.1 cm³/mol. The number of hydrogen-bond donors (Lipinski definition) is 0. The maximum Gasteiger partial charge on any atom is 0.126 e. The minimum absolute atomic E-state index is 0.00960. The molecule has 2 aromatic carbocycles. The van der Waals surface area contributed by atoms with Crippen LogP contribution in [-0.2, 0) is 19.3 Å². The predicted octanol–water partition coefficient (Wildman–Crippen LogP) is 5.71. The van der Waals surface area contributed by atoms with Crippen LogP contribution < -0.4 is 0 Å². The van der Waals surface area contributed by atoms with E-state index < -0.39 is 0 Å². The molecule has 110 valence electrons. The molecule has 21 heavy (non-hydrogen) atoms. The SMILES string of the molecule is CCCCCCc1c(F)ccc2c1CCc1ccccc1-2. The molecule has 0 aromatic heterocycles. The van der Waals surface area contributed by atoms with Crippen LogP contribution in [0.3, 0.4) is 0 Å². The standard InChI is InChI=1S/C20H23F/c1-2-3-4-5-10-19-18-12-11-15-8-6-7-9-16(15)17(18)13-14-20(19)21/h6-9,13-14H,2-5,10-12H2,1H3. The van der Waals surface area contributed by atoms with Crippen LogP contribution in [0.25, 0.3) is 11.1 Å². The van der Waals surface area contributed by atoms with E-state index in [0.717, 1.165) is 31.2 Å². The highest BCUT2D eigenvalue weighted by molar-refractivity contribution is 5.74. The van der Waals surface area contributed by atoms with Gasteiger partial charge in [-0.15, -0.1) is 0 Å². The van der Waals surface area contributed by atoms with E-state index in [9.17, 15) is 4.39 Å². The number of unbranched alkanes of at least 4 members (excludes halogenated alkanes) is 3. The van der Waals surface area contributed by atoms with Gasteiger partial charge in [-0.25, -0.2) is 4.39 Å². The molecule has 1 aliphatic carbocycles. The summed E-state index contributed by atoms with van der Waals surface area (Å²) in [6.45, 7) is 2.21. The van der Waals surface area contributed by atoms with Crippen molar-refractivity contribution in [3.8, 4) is 11.1 Å². The lowest BCUT2D eigenvalue weighted by atomic mass is 9.82. The second-order valence-corrected chi connectivity index (χ2v) is 6.02. The van der Waals surface area contributed by atoms with Crippen LogP contribution in [0.15, 0.2) is 36.4 Å². The molecule has 0 aliphatic heterocycles. The third kappa shape index (κ3) is 2.88. The van der Waals surface area contributed by atoms with Crippen LogP contribution in [0.2, 0.25) is 0 Å². The molecular weight excluding hydrogens is 259 g/mol. The van der Waals surface area contributed by atoms with Gasteiger partial charge in [0.15, 0.2) is 0 Å². The second-order valence-electron chi connectivity index (χ2n) is 6.02. The first-order chi connectivity index (χ1) is 10.3. The lowest BCUT2D eigenvalue weighted by Gasteiger charge is -2.23. The maximum atomic E-state index is 14.3. The molecule has 0 radical (unpaired) electrons. The first-order valence-electron chi connectivity index (χ1n) is 8.19. The Morgan fingerprint density at radius 3 is 2.62 bits per heavy atom. The highest BCUT2D eigenvalue weighted by Crippen LogP contribution is 2.36. The van der Waals surface area contributed by atoms with Gasteiger partial charge in [0.05, 0.1) is 0 Å². The molecule has 0 saturated heterocycles. The van der Waals surface area contributed by atoms with Gasteiger partial charge in [-0.3, -0.25) is 0 Å². The first kappa shape index (κ1) is 14.3. The van der Waals surface area contributed by atoms with Crippen LogP contribution in [-0.4, -0.2) is 0 Å². The van der Waals surface area contributed by atoms with Crippen molar-refractivity contribution in [3.05, 3.63) is 58.9 Å². The van der Waals surface area contributed by atoms with E-state index in [2.05, 4.69) is 31.2 Å². The molecule has 0 saturated carbocycles. The first-order valence-corrected chi connectivity index (χ1v) is 8.19. The Balaban J connectivity index is 1.93. The Hall–Kier alpha value is -1.63. The lowest BCUT2D eigenvalue weighted by molar-refractivity contribution is 0.589. The number of fused-ring (bicyclic) bond motifs is 3. The molecular formula is C20H23F. The number of halogens is 1. The molecule has 0 unspecified atom stereocenters. The Morgan fingerprint density at radius 2 is 1.76 bits per heavy atom. The van der Waals surface area contributed by atoms with Crippen molar-refractivity contribution in [3.63, 3.8) is 0 Å². The zero-order chi connectivity index (χ0) is 14.7. The highest BCUT2D eigenvalue weighted by Gasteiger charge is 2.20. The summed E-state index contributed by atoms with van der Waals surface area (Å²) in [6, 6.07) is 12.2. The van der Waals surface area contributed by atoms with Crippen molar-refractivity contribution in [2.45, 2.75) is 51.9 Å². The average molecular weight is 282 g/mol. The van der Waals surface area contributed by atoms with Crippen LogP contribution in [0.4, 0.5) is 4.39 Å². The average Bonchev–Trinajstić information content (AvgIpc) is 2.52. The van der Waals surface area contributed by atoms with Crippen molar-refractivity contribution >= 4 is 0 Å². The zero-order valence-electron chi connectivity index (χ0n) is 12.8. The Bertz CT molecular complexity index is 628. The third-order valence-electron chi connectivity index (χ3n) is 4.61. The molecule has 0 atom stereocenters. The molecule has 0 bridgehead atoms. The number of benzene rings is 2. The molecule has 1 aliphatic rings. The van der Waals surface area contributed by atoms with Crippen molar-refractivity contribution in [2.24, 2.45) is 0 Å². The molecule has 0 N–H and O–H groups in total. The van der Waals surface area contributed by atoms with E-state index >= 15 is 0 Å². The molecule has 3 rings (SSSR count). The van der Waals surface area contributed by atoms with Crippen molar-refractivity contribution in [1.29, 1.82) is 0 Å². The molecule has 0 heterocycles. The molecule has 0 amide bonds. The number of hydrogen-bond acceptors (Lipinski definition) is 0. The fraction of sp³-hybridized carbons (Fsp3) is 0.400. The molecule has 2 aromatic rings. The summed E-state index contributed by atoms with van der Waals surface area (Å²) in [5, 5.41) is 0. The van der Waals surface area contributed by atoms with Gasteiger partial charge in [-0.1, -0.05) is 56.5 Å². The number of rotatable bonds is 5. The van der Waals surface area contributed by atoms with Crippen LogP contribution in [0.1, 0.15) is 49.3 Å². The van der Waals surface area contributed by atoms with Crippen LogP contribution in [0.5, 0.6) is 0 Å². The summed E-state index contributed by atoms with van der Waals surface area (Å²) < 4.78 is 14.3. The molecule has 1 heteroatoms. The monoisotopic (exact) mass is 282 g/mol. The normalized spacial score (nSPS) is 12.9. The van der Waals surface area contributed by atoms with Gasteiger partial charge in [0.25, 0.3) is 0 Å². The van der Waals surface area contributed by atoms with Gasteiger partial charge >= 0.3 is 0 Å². The maximum absolute atomic E-state index is 14.3. The molecule has 0 spiro atoms. The largest absolute Gasteiger partial charge is 0.207 e. The van der Waals surface area contributed by atoms with Gasteiger partial charge in [0.1, 0.15) is 5.82 Å². The smallest absolute Gasteiger partial charge is 0.126 e. The van der Waals surface area contributed by atoms with E-state index in [1.165, 1.54) is 41.5 Å². The summed E-state index contributed by atoms with van der Waals surface area (Å²) in [6.07, 6.45) is 7.68. The minimum Gasteiger partial charge on any atom is -0.207 e. The van der Waals surface area contributed by atoms with E-state index in [1.807, 2.05) is 6.07 Å². The van der Waals surface area contributed by atoms with Crippen molar-refractivity contribution in [2.75, 3.05) is 0 Å². The number of aryl methyl sites for hydroxylation is 1. The van der Waals surface area contributed by atoms with Gasteiger partial charge in [0, 0.05) is 0 Å². The lowest BCUT2D eigenvalue weighted by Crippen LogP contribution is -2.09. The summed E-state index contributed by atoms with van der Waals surface area (Å²) >= 11 is 0. The van der Waals surface area contributed by atoms with E-state index in [4.69, 9.17) is 0 Å². The quantitative estimate of drug-likeness (QED) is 0.616. The van der Waals surface area contributed by atoms with Crippen LogP contribution >= 0.6 is 0 Å². The summed E-state index contributed by atoms with van der Waals surface area (Å²) in [5.41, 5.74) is 6.18. The summed E-state index contributed by atoms with van der Waals surface area (Å²) in [7, 11) is 0. The van der Waals surface area contributed by atoms with E-state index in [1.54, 1.807) is 6.07 Å². The van der Waals surface area contributed by atoms with Gasteiger partial charge in [-0.05, 0) is 59.6 Å². The molecule has 0 fully saturated rings. The van der Waals surface area contributed by atoms with Crippen molar-refractivity contribution in [1.82, 2.24) is 0 Å². The Morgan fingerprint density at radius 1 is 0.905 bits per heavy atom. The Labute approximate surface area is 127 Å². The van der Waals surface area contributed by atoms with E-state index in [0.29, 0.717) is 0 Å². The summed E-state index contributed by atoms with van der Waals surface area (Å²) in [5.74, 6) is -0.00960. The zero-order valence-corrected chi connectivity index (χ0v) is 12.8. The fourth-order valence-electron chi connectivity index (χ4n) is 3.46.